The molecule has 0 aliphatic carbocycles. The summed E-state index contributed by atoms with van der Waals surface area (Å²) in [5, 5.41) is 9.10. The number of benzene rings is 1. The fourth-order valence-electron chi connectivity index (χ4n) is 1.33. The molecule has 1 heterocycles. The maximum atomic E-state index is 5.65. The summed E-state index contributed by atoms with van der Waals surface area (Å²) in [5.41, 5.74) is 6.63. The first kappa shape index (κ1) is 10.9. The Bertz CT molecular complexity index is 470. The van der Waals surface area contributed by atoms with E-state index in [9.17, 15) is 0 Å². The molecule has 5 heteroatoms. The van der Waals surface area contributed by atoms with E-state index < -0.39 is 0 Å². The fourth-order valence-corrected chi connectivity index (χ4v) is 1.92. The van der Waals surface area contributed by atoms with Crippen LogP contribution in [-0.4, -0.2) is 16.8 Å². The van der Waals surface area contributed by atoms with Crippen LogP contribution in [0, 0.1) is 6.92 Å². The average Bonchev–Trinajstić information content (AvgIpc) is 2.67. The summed E-state index contributed by atoms with van der Waals surface area (Å²) in [6, 6.07) is 7.95. The highest BCUT2D eigenvalue weighted by atomic mass is 32.1. The van der Waals surface area contributed by atoms with E-state index in [-0.39, 0.29) is 0 Å². The van der Waals surface area contributed by atoms with Crippen molar-refractivity contribution in [2.45, 2.75) is 13.3 Å². The maximum Gasteiger partial charge on any atom is 0.203 e. The first-order chi connectivity index (χ1) is 7.75. The number of aryl methyl sites for hydroxylation is 1. The average molecular weight is 235 g/mol. The lowest BCUT2D eigenvalue weighted by atomic mass is 10.2. The number of hydrogen-bond acceptors (Lipinski definition) is 5. The van der Waals surface area contributed by atoms with Crippen LogP contribution in [0.4, 0.5) is 5.13 Å². The Morgan fingerprint density at radius 3 is 2.81 bits per heavy atom. The first-order valence-corrected chi connectivity index (χ1v) is 5.83. The number of nitrogens with zero attached hydrogens (tertiary/aromatic N) is 2. The minimum atomic E-state index is 0.505. The third kappa shape index (κ3) is 2.70. The molecule has 1 aromatic carbocycles. The van der Waals surface area contributed by atoms with Crippen LogP contribution < -0.4 is 10.5 Å². The van der Waals surface area contributed by atoms with Gasteiger partial charge in [-0.15, -0.1) is 10.2 Å². The highest BCUT2D eigenvalue weighted by Crippen LogP contribution is 2.17. The minimum absolute atomic E-state index is 0.505. The van der Waals surface area contributed by atoms with E-state index in [0.717, 1.165) is 22.7 Å². The van der Waals surface area contributed by atoms with Crippen molar-refractivity contribution in [3.05, 3.63) is 34.8 Å². The number of hydrogen-bond donors (Lipinski definition) is 1. The van der Waals surface area contributed by atoms with Gasteiger partial charge in [0.2, 0.25) is 5.13 Å². The second-order valence-electron chi connectivity index (χ2n) is 3.40. The fraction of sp³-hybridized carbons (Fsp3) is 0.273. The van der Waals surface area contributed by atoms with E-state index in [1.54, 1.807) is 0 Å². The van der Waals surface area contributed by atoms with Gasteiger partial charge in [-0.05, 0) is 18.6 Å². The summed E-state index contributed by atoms with van der Waals surface area (Å²) in [7, 11) is 0. The van der Waals surface area contributed by atoms with Crippen molar-refractivity contribution < 1.29 is 4.74 Å². The molecule has 84 valence electrons. The third-order valence-electron chi connectivity index (χ3n) is 2.15. The number of anilines is 1. The Morgan fingerprint density at radius 1 is 1.31 bits per heavy atom. The maximum absolute atomic E-state index is 5.65. The SMILES string of the molecule is Cc1ccccc1OCCc1nnc(N)s1. The molecule has 2 N–H and O–H groups in total. The molecule has 0 amide bonds. The molecule has 0 aliphatic heterocycles. The number of nitrogen functional groups attached to an aromatic ring is 1. The van der Waals surface area contributed by atoms with Gasteiger partial charge in [0.1, 0.15) is 10.8 Å². The van der Waals surface area contributed by atoms with Crippen molar-refractivity contribution in [2.24, 2.45) is 0 Å². The van der Waals surface area contributed by atoms with Gasteiger partial charge in [-0.25, -0.2) is 0 Å². The summed E-state index contributed by atoms with van der Waals surface area (Å²) < 4.78 is 5.65. The van der Waals surface area contributed by atoms with E-state index in [4.69, 9.17) is 10.5 Å². The van der Waals surface area contributed by atoms with Crippen LogP contribution in [0.25, 0.3) is 0 Å². The molecular weight excluding hydrogens is 222 g/mol. The van der Waals surface area contributed by atoms with E-state index >= 15 is 0 Å². The minimum Gasteiger partial charge on any atom is -0.493 e. The second-order valence-corrected chi connectivity index (χ2v) is 4.49. The van der Waals surface area contributed by atoms with Gasteiger partial charge in [-0.2, -0.15) is 0 Å². The summed E-state index contributed by atoms with van der Waals surface area (Å²) >= 11 is 1.40. The monoisotopic (exact) mass is 235 g/mol. The van der Waals surface area contributed by atoms with Crippen LogP contribution in [0.5, 0.6) is 5.75 Å². The molecule has 1 aromatic heterocycles. The van der Waals surface area contributed by atoms with Gasteiger partial charge in [0.05, 0.1) is 6.61 Å². The molecule has 0 radical (unpaired) electrons. The summed E-state index contributed by atoms with van der Waals surface area (Å²) in [6.07, 6.45) is 0.739. The number of aromatic nitrogens is 2. The third-order valence-corrected chi connectivity index (χ3v) is 2.96. The molecule has 0 bridgehead atoms. The molecule has 0 unspecified atom stereocenters. The van der Waals surface area contributed by atoms with Crippen LogP contribution in [0.15, 0.2) is 24.3 Å². The van der Waals surface area contributed by atoms with E-state index in [1.807, 2.05) is 31.2 Å². The second kappa shape index (κ2) is 4.94. The van der Waals surface area contributed by atoms with Gasteiger partial charge < -0.3 is 10.5 Å². The van der Waals surface area contributed by atoms with Crippen LogP contribution in [0.2, 0.25) is 0 Å². The van der Waals surface area contributed by atoms with Crippen molar-refractivity contribution in [2.75, 3.05) is 12.3 Å². The molecule has 0 saturated heterocycles. The Labute approximate surface area is 98.1 Å². The van der Waals surface area contributed by atoms with Crippen molar-refractivity contribution in [3.63, 3.8) is 0 Å². The first-order valence-electron chi connectivity index (χ1n) is 5.02. The van der Waals surface area contributed by atoms with Crippen LogP contribution >= 0.6 is 11.3 Å². The zero-order chi connectivity index (χ0) is 11.4. The highest BCUT2D eigenvalue weighted by Gasteiger charge is 2.02. The molecule has 2 aromatic rings. The molecule has 2 rings (SSSR count). The smallest absolute Gasteiger partial charge is 0.203 e. The highest BCUT2D eigenvalue weighted by molar-refractivity contribution is 7.15. The molecule has 0 saturated carbocycles. The molecule has 16 heavy (non-hydrogen) atoms. The molecule has 0 spiro atoms. The van der Waals surface area contributed by atoms with Gasteiger partial charge in [0, 0.05) is 6.42 Å². The number of para-hydroxylation sites is 1. The summed E-state index contributed by atoms with van der Waals surface area (Å²) in [5.74, 6) is 0.917. The quantitative estimate of drug-likeness (QED) is 0.881. The zero-order valence-corrected chi connectivity index (χ0v) is 9.83. The largest absolute Gasteiger partial charge is 0.493 e. The van der Waals surface area contributed by atoms with Crippen LogP contribution in [0.1, 0.15) is 10.6 Å². The lowest BCUT2D eigenvalue weighted by Crippen LogP contribution is -2.02. The van der Waals surface area contributed by atoms with Gasteiger partial charge in [0.15, 0.2) is 0 Å². The van der Waals surface area contributed by atoms with E-state index in [1.165, 1.54) is 11.3 Å². The normalized spacial score (nSPS) is 10.3. The predicted molar refractivity (Wildman–Crippen MR) is 64.7 cm³/mol. The van der Waals surface area contributed by atoms with Gasteiger partial charge >= 0.3 is 0 Å². The number of ether oxygens (including phenoxy) is 1. The molecular formula is C11H13N3OS. The van der Waals surface area contributed by atoms with Crippen molar-refractivity contribution in [1.82, 2.24) is 10.2 Å². The Hall–Kier alpha value is -1.62. The molecule has 4 nitrogen and oxygen atoms in total. The predicted octanol–water partition coefficient (Wildman–Crippen LogP) is 2.05. The zero-order valence-electron chi connectivity index (χ0n) is 9.01. The van der Waals surface area contributed by atoms with Crippen molar-refractivity contribution >= 4 is 16.5 Å². The Morgan fingerprint density at radius 2 is 2.12 bits per heavy atom. The number of rotatable bonds is 4. The molecule has 0 aliphatic rings. The van der Waals surface area contributed by atoms with Crippen LogP contribution in [0.3, 0.4) is 0 Å². The van der Waals surface area contributed by atoms with Gasteiger partial charge in [0.25, 0.3) is 0 Å². The van der Waals surface area contributed by atoms with Gasteiger partial charge in [-0.3, -0.25) is 0 Å². The van der Waals surface area contributed by atoms with Crippen LogP contribution in [-0.2, 0) is 6.42 Å². The Kier molecular flexibility index (Phi) is 3.36. The van der Waals surface area contributed by atoms with Crippen molar-refractivity contribution in [3.8, 4) is 5.75 Å². The van der Waals surface area contributed by atoms with E-state index in [0.29, 0.717) is 11.7 Å². The standard InChI is InChI=1S/C11H13N3OS/c1-8-4-2-3-5-9(8)15-7-6-10-13-14-11(12)16-10/h2-5H,6-7H2,1H3,(H2,12,14). The summed E-state index contributed by atoms with van der Waals surface area (Å²) in [6.45, 7) is 2.62. The molecule has 0 fully saturated rings. The number of nitrogens with two attached hydrogens (primary N) is 1. The topological polar surface area (TPSA) is 61.0 Å². The summed E-state index contributed by atoms with van der Waals surface area (Å²) in [4.78, 5) is 0. The lowest BCUT2D eigenvalue weighted by Gasteiger charge is -2.06. The van der Waals surface area contributed by atoms with Crippen molar-refractivity contribution in [1.29, 1.82) is 0 Å². The lowest BCUT2D eigenvalue weighted by molar-refractivity contribution is 0.319. The Balaban J connectivity index is 1.87. The molecule has 0 atom stereocenters. The van der Waals surface area contributed by atoms with E-state index in [2.05, 4.69) is 10.2 Å². The van der Waals surface area contributed by atoms with Gasteiger partial charge in [-0.1, -0.05) is 29.5 Å².